The van der Waals surface area contributed by atoms with E-state index in [-0.39, 0.29) is 36.8 Å². The lowest BCUT2D eigenvalue weighted by Crippen LogP contribution is -2.44. The SMILES string of the molecule is CNCCN(CCN(CCCC(C)=O)C(=O)CCCC[Si](C)(C)O[Si](C)(C)CCCCC(=O)OCCOC)C(C)=O.COC(=O)OC(Cl)(Cl)Cl.C[Si](C)(CCCN)O[Si](C)(C)CCCN.NCCCCCNCCN.OCCO. The van der Waals surface area contributed by atoms with E-state index >= 15 is 0 Å². The molecule has 0 aromatic heterocycles. The summed E-state index contributed by atoms with van der Waals surface area (Å²) in [5.41, 5.74) is 21.7. The van der Waals surface area contributed by atoms with Crippen molar-refractivity contribution < 1.29 is 61.4 Å². The first kappa shape index (κ1) is 86.4. The summed E-state index contributed by atoms with van der Waals surface area (Å²) in [5, 5.41) is 21.5. The van der Waals surface area contributed by atoms with Gasteiger partial charge >= 0.3 is 16.1 Å². The van der Waals surface area contributed by atoms with Crippen molar-refractivity contribution in [2.45, 2.75) is 178 Å². The van der Waals surface area contributed by atoms with Crippen LogP contribution in [0, 0.1) is 0 Å². The van der Waals surface area contributed by atoms with E-state index in [9.17, 15) is 24.0 Å². The molecule has 474 valence electrons. The normalized spacial score (nSPS) is 11.5. The van der Waals surface area contributed by atoms with Gasteiger partial charge in [0.2, 0.25) is 11.8 Å². The molecule has 0 saturated carbocycles. The number of nitrogens with two attached hydrogens (primary N) is 4. The van der Waals surface area contributed by atoms with Crippen LogP contribution < -0.4 is 33.6 Å². The highest BCUT2D eigenvalue weighted by atomic mass is 35.6. The zero-order valence-corrected chi connectivity index (χ0v) is 57.6. The molecule has 0 atom stereocenters. The maximum atomic E-state index is 13.1. The summed E-state index contributed by atoms with van der Waals surface area (Å²) in [4.78, 5) is 62.0. The molecule has 0 aliphatic rings. The van der Waals surface area contributed by atoms with E-state index in [1.54, 1.807) is 25.9 Å². The van der Waals surface area contributed by atoms with Gasteiger partial charge in [0, 0.05) is 79.1 Å². The topological polar surface area (TPSA) is 316 Å². The van der Waals surface area contributed by atoms with E-state index < -0.39 is 43.4 Å². The van der Waals surface area contributed by atoms with Crippen LogP contribution in [0.5, 0.6) is 0 Å². The number of carbonyl (C=O) groups excluding carboxylic acids is 5. The molecule has 28 heteroatoms. The smallest absolute Gasteiger partial charge is 0.463 e. The fraction of sp³-hybridized carbons (Fsp3) is 0.902. The van der Waals surface area contributed by atoms with Crippen molar-refractivity contribution in [1.82, 2.24) is 20.4 Å². The van der Waals surface area contributed by atoms with Crippen LogP contribution in [0.15, 0.2) is 0 Å². The Balaban J connectivity index is -0.000000384. The van der Waals surface area contributed by atoms with Crippen LogP contribution in [0.3, 0.4) is 0 Å². The van der Waals surface area contributed by atoms with Crippen LogP contribution in [0.25, 0.3) is 0 Å². The van der Waals surface area contributed by atoms with Gasteiger partial charge in [0.25, 0.3) is 0 Å². The molecule has 0 rings (SSSR count). The minimum Gasteiger partial charge on any atom is -0.463 e. The quantitative estimate of drug-likeness (QED) is 0.0132. The minimum atomic E-state index is -2.03. The lowest BCUT2D eigenvalue weighted by atomic mass is 10.2. The van der Waals surface area contributed by atoms with Crippen LogP contribution in [0.4, 0.5) is 4.79 Å². The number of rotatable bonds is 41. The minimum absolute atomic E-state index is 0.00417. The number of hydrogen-bond acceptors (Lipinski definition) is 19. The molecule has 0 spiro atoms. The monoisotopic (exact) mass is 1260 g/mol. The highest BCUT2D eigenvalue weighted by Gasteiger charge is 2.33. The van der Waals surface area contributed by atoms with Gasteiger partial charge in [-0.2, -0.15) is 0 Å². The van der Waals surface area contributed by atoms with Gasteiger partial charge in [0.1, 0.15) is 12.4 Å². The van der Waals surface area contributed by atoms with E-state index in [4.69, 9.17) is 85.7 Å². The van der Waals surface area contributed by atoms with Crippen molar-refractivity contribution in [1.29, 1.82) is 0 Å². The molecule has 0 aliphatic carbocycles. The zero-order chi connectivity index (χ0) is 61.8. The number of ether oxygens (including phenoxy) is 4. The van der Waals surface area contributed by atoms with E-state index in [0.717, 1.165) is 103 Å². The second-order valence-electron chi connectivity index (χ2n) is 21.3. The van der Waals surface area contributed by atoms with Crippen molar-refractivity contribution in [3.8, 4) is 0 Å². The molecule has 0 heterocycles. The summed E-state index contributed by atoms with van der Waals surface area (Å²) in [5.74, 6) is 0.0296. The predicted molar refractivity (Wildman–Crippen MR) is 335 cm³/mol. The number of halogens is 3. The van der Waals surface area contributed by atoms with Gasteiger partial charge in [-0.05, 0) is 196 Å². The Hall–Kier alpha value is -1.35. The fourth-order valence-corrected chi connectivity index (χ4v) is 25.7. The number of amides is 2. The lowest BCUT2D eigenvalue weighted by Gasteiger charge is -2.34. The summed E-state index contributed by atoms with van der Waals surface area (Å²) >= 11 is 15.0. The van der Waals surface area contributed by atoms with Crippen molar-refractivity contribution in [2.75, 3.05) is 120 Å². The number of carbonyl (C=O) groups is 5. The molecule has 21 nitrogen and oxygen atoms in total. The Morgan fingerprint density at radius 2 is 1.03 bits per heavy atom. The number of aliphatic hydroxyl groups excluding tert-OH is 2. The number of nitrogens with zero attached hydrogens (tertiary/aromatic N) is 2. The van der Waals surface area contributed by atoms with Crippen molar-refractivity contribution in [2.24, 2.45) is 22.9 Å². The second kappa shape index (κ2) is 54.6. The number of nitrogens with one attached hydrogen (secondary N) is 2. The molecule has 0 unspecified atom stereocenters. The van der Waals surface area contributed by atoms with E-state index in [0.29, 0.717) is 71.6 Å². The molecule has 0 saturated heterocycles. The number of esters is 1. The van der Waals surface area contributed by atoms with Crippen LogP contribution in [-0.4, -0.2) is 207 Å². The summed E-state index contributed by atoms with van der Waals surface area (Å²) in [6.07, 6.45) is 10.2. The molecular formula is C51H115Cl3N8O13Si4. The average Bonchev–Trinajstić information content (AvgIpc) is 3.35. The zero-order valence-electron chi connectivity index (χ0n) is 51.4. The maximum Gasteiger partial charge on any atom is 0.511 e. The van der Waals surface area contributed by atoms with Gasteiger partial charge in [-0.15, -0.1) is 0 Å². The molecular weight excluding hydrogens is 1150 g/mol. The summed E-state index contributed by atoms with van der Waals surface area (Å²) in [6.45, 7) is 29.8. The Kier molecular flexibility index (Phi) is 59.7. The molecule has 0 fully saturated rings. The summed E-state index contributed by atoms with van der Waals surface area (Å²) in [6, 6.07) is 4.37. The number of methoxy groups -OCH3 is 2. The standard InChI is InChI=1S/C29H59N3O7Si2.C10H28N2OSi2.C7H19N3.C3H3Cl3O3.C2H6O2/c1-26(33)14-13-18-32(21-20-31(27(2)34)19-17-30-3)28(35)15-9-11-24-40(5,6)39-41(7,8)25-12-10-16-29(36)38-23-22-37-4;1-14(2,9-5-7-11)13-15(3,4)10-6-8-12;8-4-2-1-3-6-10-7-5-9;1-8-2(7)9-3(4,5)6;3-1-2-4/h30H,9-25H2,1-8H3;5-12H2,1-4H3;10H,1-9H2;1H3;3-4H,1-2H2. The number of ketones is 1. The number of hydrogen-bond donors (Lipinski definition) is 8. The first-order valence-corrected chi connectivity index (χ1v) is 41.7. The highest BCUT2D eigenvalue weighted by Crippen LogP contribution is 2.28. The van der Waals surface area contributed by atoms with Gasteiger partial charge in [-0.1, -0.05) is 19.3 Å². The molecule has 12 N–H and O–H groups in total. The molecule has 0 bridgehead atoms. The lowest BCUT2D eigenvalue weighted by molar-refractivity contribution is -0.145. The van der Waals surface area contributed by atoms with Crippen molar-refractivity contribution >= 4 is 97.8 Å². The number of aliphatic hydroxyl groups is 2. The Bertz CT molecular complexity index is 1480. The largest absolute Gasteiger partial charge is 0.511 e. The molecule has 0 aromatic rings. The number of unbranched alkanes of at least 4 members (excludes halogenated alkanes) is 4. The second-order valence-corrected chi connectivity index (χ2v) is 41.2. The van der Waals surface area contributed by atoms with Gasteiger partial charge < -0.3 is 85.6 Å². The highest BCUT2D eigenvalue weighted by molar-refractivity contribution is 6.85. The first-order chi connectivity index (χ1) is 36.8. The third-order valence-electron chi connectivity index (χ3n) is 11.3. The maximum absolute atomic E-state index is 13.1. The number of Topliss-reactive ketones (excluding diaryl/α,β-unsaturated/α-hetero) is 1. The third kappa shape index (κ3) is 67.3. The summed E-state index contributed by atoms with van der Waals surface area (Å²) < 4.78 is 29.1. The van der Waals surface area contributed by atoms with Crippen LogP contribution in [0.1, 0.15) is 97.3 Å². The third-order valence-corrected chi connectivity index (χ3v) is 26.6. The molecule has 0 radical (unpaired) electrons. The Labute approximate surface area is 497 Å². The van der Waals surface area contributed by atoms with Crippen molar-refractivity contribution in [3.63, 3.8) is 0 Å². The van der Waals surface area contributed by atoms with E-state index in [1.165, 1.54) is 24.9 Å². The van der Waals surface area contributed by atoms with Crippen LogP contribution in [0.2, 0.25) is 76.6 Å². The Morgan fingerprint density at radius 1 is 0.544 bits per heavy atom. The molecule has 79 heavy (non-hydrogen) atoms. The first-order valence-electron chi connectivity index (χ1n) is 28.1. The van der Waals surface area contributed by atoms with E-state index in [1.807, 2.05) is 11.9 Å². The van der Waals surface area contributed by atoms with Crippen molar-refractivity contribution in [3.05, 3.63) is 0 Å². The van der Waals surface area contributed by atoms with Crippen LogP contribution >= 0.6 is 34.8 Å². The van der Waals surface area contributed by atoms with Gasteiger partial charge in [0.05, 0.1) is 26.9 Å². The van der Waals surface area contributed by atoms with Gasteiger partial charge in [-0.3, -0.25) is 14.4 Å². The van der Waals surface area contributed by atoms with Crippen LogP contribution in [-0.2, 0) is 46.4 Å². The summed E-state index contributed by atoms with van der Waals surface area (Å²) in [7, 11) is -2.14. The number of likely N-dealkylation sites (N-methyl/N-ethyl adjacent to an activating group) is 1. The fourth-order valence-electron chi connectivity index (χ4n) is 7.60. The number of alkyl halides is 3. The molecule has 0 aromatic carbocycles. The molecule has 2 amide bonds. The average molecular weight is 1270 g/mol. The predicted octanol–water partition coefficient (Wildman–Crippen LogP) is 7.05. The van der Waals surface area contributed by atoms with Gasteiger partial charge in [-0.25, -0.2) is 4.79 Å². The van der Waals surface area contributed by atoms with Gasteiger partial charge in [0.15, 0.2) is 33.3 Å². The molecule has 0 aliphatic heterocycles. The van der Waals surface area contributed by atoms with E-state index in [2.05, 4.69) is 72.5 Å². The Morgan fingerprint density at radius 3 is 1.42 bits per heavy atom.